The van der Waals surface area contributed by atoms with E-state index in [1.165, 1.54) is 7.11 Å². The van der Waals surface area contributed by atoms with Crippen LogP contribution in [0.1, 0.15) is 10.5 Å². The molecular formula is C23H21N5O4. The number of urea groups is 1. The van der Waals surface area contributed by atoms with Gasteiger partial charge in [0, 0.05) is 23.5 Å². The van der Waals surface area contributed by atoms with Crippen LogP contribution in [-0.4, -0.2) is 36.1 Å². The van der Waals surface area contributed by atoms with Crippen molar-refractivity contribution >= 4 is 34.3 Å². The molecule has 0 saturated carbocycles. The summed E-state index contributed by atoms with van der Waals surface area (Å²) in [6.45, 7) is 0. The second kappa shape index (κ2) is 8.68. The number of anilines is 2. The molecule has 0 saturated heterocycles. The second-order valence-electron chi connectivity index (χ2n) is 6.86. The number of nitrogens with two attached hydrogens (primary N) is 1. The summed E-state index contributed by atoms with van der Waals surface area (Å²) in [6, 6.07) is 15.3. The lowest BCUT2D eigenvalue weighted by atomic mass is 10.0. The zero-order chi connectivity index (χ0) is 22.7. The average molecular weight is 431 g/mol. The largest absolute Gasteiger partial charge is 0.497 e. The van der Waals surface area contributed by atoms with Crippen LogP contribution in [0.3, 0.4) is 0 Å². The molecule has 5 N–H and O–H groups in total. The number of benzene rings is 2. The highest BCUT2D eigenvalue weighted by Gasteiger charge is 2.18. The number of aromatic nitrogens is 2. The van der Waals surface area contributed by atoms with Gasteiger partial charge in [-0.15, -0.1) is 0 Å². The molecule has 0 radical (unpaired) electrons. The molecule has 9 heteroatoms. The molecule has 3 amide bonds. The summed E-state index contributed by atoms with van der Waals surface area (Å²) in [6.07, 6.45) is 1.65. The van der Waals surface area contributed by atoms with E-state index in [0.29, 0.717) is 39.5 Å². The van der Waals surface area contributed by atoms with Crippen molar-refractivity contribution in [2.75, 3.05) is 24.9 Å². The van der Waals surface area contributed by atoms with Crippen LogP contribution in [0.15, 0.2) is 60.8 Å². The van der Waals surface area contributed by atoms with Crippen LogP contribution in [0.2, 0.25) is 0 Å². The van der Waals surface area contributed by atoms with Crippen LogP contribution in [0.4, 0.5) is 16.2 Å². The summed E-state index contributed by atoms with van der Waals surface area (Å²) in [7, 11) is 3.06. The number of nitrogens with zero attached hydrogens (tertiary/aromatic N) is 1. The number of primary amides is 1. The van der Waals surface area contributed by atoms with Crippen LogP contribution in [0.25, 0.3) is 22.2 Å². The molecule has 0 spiro atoms. The van der Waals surface area contributed by atoms with E-state index in [1.807, 2.05) is 6.07 Å². The van der Waals surface area contributed by atoms with E-state index in [1.54, 1.807) is 61.8 Å². The summed E-state index contributed by atoms with van der Waals surface area (Å²) >= 11 is 0. The number of hydrogen-bond donors (Lipinski definition) is 4. The zero-order valence-corrected chi connectivity index (χ0v) is 17.4. The highest BCUT2D eigenvalue weighted by molar-refractivity contribution is 6.08. The van der Waals surface area contributed by atoms with Gasteiger partial charge in [-0.05, 0) is 42.0 Å². The van der Waals surface area contributed by atoms with Gasteiger partial charge in [-0.3, -0.25) is 9.78 Å². The molecule has 0 aliphatic rings. The summed E-state index contributed by atoms with van der Waals surface area (Å²) in [4.78, 5) is 31.8. The van der Waals surface area contributed by atoms with E-state index in [2.05, 4.69) is 20.6 Å². The van der Waals surface area contributed by atoms with Gasteiger partial charge in [-0.25, -0.2) is 4.79 Å². The minimum absolute atomic E-state index is 0.280. The van der Waals surface area contributed by atoms with E-state index in [4.69, 9.17) is 15.2 Å². The Balaban J connectivity index is 1.56. The van der Waals surface area contributed by atoms with Crippen molar-refractivity contribution in [3.63, 3.8) is 0 Å². The number of nitrogens with one attached hydrogen (secondary N) is 3. The van der Waals surface area contributed by atoms with Gasteiger partial charge in [-0.2, -0.15) is 0 Å². The molecule has 32 heavy (non-hydrogen) atoms. The van der Waals surface area contributed by atoms with Gasteiger partial charge in [0.05, 0.1) is 30.9 Å². The maximum atomic E-state index is 12.5. The number of carbonyl (C=O) groups excluding carboxylic acids is 2. The number of fused-ring (bicyclic) bond motifs is 1. The fraction of sp³-hybridized carbons (Fsp3) is 0.0870. The molecule has 0 atom stereocenters. The van der Waals surface area contributed by atoms with Gasteiger partial charge >= 0.3 is 6.03 Å². The Hall–Kier alpha value is -4.53. The van der Waals surface area contributed by atoms with Crippen LogP contribution >= 0.6 is 0 Å². The molecule has 2 aromatic carbocycles. The highest BCUT2D eigenvalue weighted by atomic mass is 16.5. The molecule has 0 aliphatic heterocycles. The number of methoxy groups -OCH3 is 2. The summed E-state index contributed by atoms with van der Waals surface area (Å²) in [5.41, 5.74) is 9.57. The first kappa shape index (κ1) is 20.7. The smallest absolute Gasteiger partial charge is 0.323 e. The number of carbonyl (C=O) groups is 2. The van der Waals surface area contributed by atoms with Crippen molar-refractivity contribution in [3.05, 3.63) is 66.5 Å². The van der Waals surface area contributed by atoms with Crippen molar-refractivity contribution in [1.82, 2.24) is 9.97 Å². The maximum Gasteiger partial charge on any atom is 0.323 e. The molecule has 4 aromatic rings. The predicted octanol–water partition coefficient (Wildman–Crippen LogP) is 3.99. The van der Waals surface area contributed by atoms with Crippen molar-refractivity contribution in [1.29, 1.82) is 0 Å². The minimum atomic E-state index is -0.577. The van der Waals surface area contributed by atoms with Gasteiger partial charge in [0.25, 0.3) is 5.91 Å². The number of aromatic amines is 1. The summed E-state index contributed by atoms with van der Waals surface area (Å²) < 4.78 is 10.5. The highest BCUT2D eigenvalue weighted by Crippen LogP contribution is 2.32. The third-order valence-electron chi connectivity index (χ3n) is 4.89. The Labute approximate surface area is 183 Å². The Morgan fingerprint density at radius 2 is 1.78 bits per heavy atom. The molecule has 0 fully saturated rings. The predicted molar refractivity (Wildman–Crippen MR) is 122 cm³/mol. The number of ether oxygens (including phenoxy) is 2. The lowest BCUT2D eigenvalue weighted by Crippen LogP contribution is -2.19. The Kier molecular flexibility index (Phi) is 5.63. The van der Waals surface area contributed by atoms with Gasteiger partial charge in [0.2, 0.25) is 0 Å². The summed E-state index contributed by atoms with van der Waals surface area (Å²) in [5.74, 6) is 0.511. The van der Waals surface area contributed by atoms with E-state index in [0.717, 1.165) is 5.56 Å². The van der Waals surface area contributed by atoms with E-state index in [9.17, 15) is 9.59 Å². The minimum Gasteiger partial charge on any atom is -0.497 e. The molecule has 0 bridgehead atoms. The van der Waals surface area contributed by atoms with Gasteiger partial charge in [0.1, 0.15) is 17.2 Å². The fourth-order valence-electron chi connectivity index (χ4n) is 3.40. The lowest BCUT2D eigenvalue weighted by Gasteiger charge is -2.13. The Morgan fingerprint density at radius 3 is 2.47 bits per heavy atom. The molecule has 0 unspecified atom stereocenters. The number of pyridine rings is 1. The van der Waals surface area contributed by atoms with Crippen LogP contribution in [0.5, 0.6) is 11.5 Å². The molecule has 0 aliphatic carbocycles. The molecule has 162 valence electrons. The fourth-order valence-corrected chi connectivity index (χ4v) is 3.40. The number of hydrogen-bond acceptors (Lipinski definition) is 5. The van der Waals surface area contributed by atoms with Gasteiger partial charge in [-0.1, -0.05) is 12.1 Å². The Morgan fingerprint density at radius 1 is 1.00 bits per heavy atom. The van der Waals surface area contributed by atoms with Crippen LogP contribution in [0, 0.1) is 0 Å². The number of amides is 3. The number of H-pyrrole nitrogens is 1. The van der Waals surface area contributed by atoms with E-state index < -0.39 is 11.9 Å². The SMILES string of the molecule is COc1ccc(OC)c(NC(=O)Nc2ccc(-c3c(C(N)=O)[nH]c4cccnc34)cc2)c1. The average Bonchev–Trinajstić information content (AvgIpc) is 3.19. The van der Waals surface area contributed by atoms with Crippen molar-refractivity contribution in [3.8, 4) is 22.6 Å². The lowest BCUT2D eigenvalue weighted by molar-refractivity contribution is 0.0997. The standard InChI is InChI=1S/C23H21N5O4/c1-31-15-9-10-18(32-2)17(12-15)28-23(30)26-14-7-5-13(6-8-14)19-20-16(4-3-11-25-20)27-21(19)22(24)29/h3-12,27H,1-2H3,(H2,24,29)(H2,26,28,30). The Bertz CT molecular complexity index is 1300. The third kappa shape index (κ3) is 4.04. The molecule has 9 nitrogen and oxygen atoms in total. The van der Waals surface area contributed by atoms with Crippen molar-refractivity contribution < 1.29 is 19.1 Å². The van der Waals surface area contributed by atoms with Crippen molar-refractivity contribution in [2.24, 2.45) is 5.73 Å². The first-order valence-corrected chi connectivity index (χ1v) is 9.67. The quantitative estimate of drug-likeness (QED) is 0.367. The van der Waals surface area contributed by atoms with Crippen LogP contribution in [-0.2, 0) is 0 Å². The second-order valence-corrected chi connectivity index (χ2v) is 6.86. The molecule has 2 heterocycles. The number of rotatable bonds is 6. The first-order valence-electron chi connectivity index (χ1n) is 9.67. The third-order valence-corrected chi connectivity index (χ3v) is 4.89. The topological polar surface area (TPSA) is 131 Å². The maximum absolute atomic E-state index is 12.5. The monoisotopic (exact) mass is 431 g/mol. The molecular weight excluding hydrogens is 410 g/mol. The summed E-state index contributed by atoms with van der Waals surface area (Å²) in [5, 5.41) is 5.51. The van der Waals surface area contributed by atoms with E-state index in [-0.39, 0.29) is 5.69 Å². The van der Waals surface area contributed by atoms with Crippen LogP contribution < -0.4 is 25.8 Å². The molecule has 2 aromatic heterocycles. The van der Waals surface area contributed by atoms with Gasteiger partial charge < -0.3 is 30.8 Å². The van der Waals surface area contributed by atoms with Crippen molar-refractivity contribution in [2.45, 2.75) is 0 Å². The zero-order valence-electron chi connectivity index (χ0n) is 17.4. The van der Waals surface area contributed by atoms with Gasteiger partial charge in [0.15, 0.2) is 0 Å². The molecule has 4 rings (SSSR count). The first-order chi connectivity index (χ1) is 15.5. The normalized spacial score (nSPS) is 10.6. The van der Waals surface area contributed by atoms with E-state index >= 15 is 0 Å².